The standard InChI is InChI=1S/C19H21N3O2S/c1-12-5-6-14(9-19(12)21-25(4,23)24)18-11-22(3)13(2)17-10-15(20)7-8-16(17)18/h5-11,21H,2,20H2,1,3-4H3. The van der Waals surface area contributed by atoms with Gasteiger partial charge in [-0.05, 0) is 41.8 Å². The molecule has 0 bridgehead atoms. The maximum Gasteiger partial charge on any atom is 0.229 e. The molecule has 6 heteroatoms. The number of nitrogen functional groups attached to an aromatic ring is 1. The van der Waals surface area contributed by atoms with Crippen LogP contribution < -0.4 is 10.5 Å². The van der Waals surface area contributed by atoms with E-state index in [4.69, 9.17) is 5.73 Å². The van der Waals surface area contributed by atoms with Gasteiger partial charge in [0, 0.05) is 35.8 Å². The maximum atomic E-state index is 11.6. The Hall–Kier alpha value is -2.73. The Morgan fingerprint density at radius 1 is 1.12 bits per heavy atom. The SMILES string of the molecule is C=C1c2cc(N)ccc2C(c2ccc(C)c(NS(C)(=O)=O)c2)=CN1C. The molecule has 5 nitrogen and oxygen atoms in total. The van der Waals surface area contributed by atoms with Crippen LogP contribution in [0.2, 0.25) is 0 Å². The first-order valence-corrected chi connectivity index (χ1v) is 9.67. The Kier molecular flexibility index (Phi) is 4.08. The number of nitrogens with two attached hydrogens (primary N) is 1. The number of hydrogen-bond acceptors (Lipinski definition) is 4. The summed E-state index contributed by atoms with van der Waals surface area (Å²) in [5, 5.41) is 0. The summed E-state index contributed by atoms with van der Waals surface area (Å²) in [7, 11) is -1.41. The molecular weight excluding hydrogens is 334 g/mol. The molecule has 25 heavy (non-hydrogen) atoms. The van der Waals surface area contributed by atoms with Gasteiger partial charge in [0.1, 0.15) is 0 Å². The number of anilines is 2. The Balaban J connectivity index is 2.15. The monoisotopic (exact) mass is 355 g/mol. The molecule has 1 aliphatic heterocycles. The van der Waals surface area contributed by atoms with Gasteiger partial charge in [-0.2, -0.15) is 0 Å². The third kappa shape index (κ3) is 3.39. The molecule has 3 N–H and O–H groups in total. The van der Waals surface area contributed by atoms with Gasteiger partial charge in [0.2, 0.25) is 10.0 Å². The summed E-state index contributed by atoms with van der Waals surface area (Å²) >= 11 is 0. The molecule has 2 aromatic carbocycles. The highest BCUT2D eigenvalue weighted by Gasteiger charge is 2.20. The van der Waals surface area contributed by atoms with Crippen molar-refractivity contribution in [3.8, 4) is 0 Å². The van der Waals surface area contributed by atoms with Gasteiger partial charge in [-0.1, -0.05) is 24.8 Å². The third-order valence-corrected chi connectivity index (χ3v) is 4.83. The van der Waals surface area contributed by atoms with Crippen LogP contribution in [0, 0.1) is 6.92 Å². The Morgan fingerprint density at radius 3 is 2.52 bits per heavy atom. The lowest BCUT2D eigenvalue weighted by molar-refractivity contribution is 0.607. The van der Waals surface area contributed by atoms with Gasteiger partial charge in [0.05, 0.1) is 11.9 Å². The predicted octanol–water partition coefficient (Wildman–Crippen LogP) is 3.25. The fourth-order valence-electron chi connectivity index (χ4n) is 2.90. The van der Waals surface area contributed by atoms with E-state index >= 15 is 0 Å². The van der Waals surface area contributed by atoms with Crippen LogP contribution in [0.1, 0.15) is 22.3 Å². The molecule has 0 unspecified atom stereocenters. The zero-order valence-corrected chi connectivity index (χ0v) is 15.3. The van der Waals surface area contributed by atoms with Crippen LogP contribution in [0.15, 0.2) is 49.2 Å². The van der Waals surface area contributed by atoms with Crippen LogP contribution >= 0.6 is 0 Å². The summed E-state index contributed by atoms with van der Waals surface area (Å²) in [6, 6.07) is 11.5. The van der Waals surface area contributed by atoms with Gasteiger partial charge in [0.25, 0.3) is 0 Å². The minimum absolute atomic E-state index is 0.574. The molecule has 0 aliphatic carbocycles. The highest BCUT2D eigenvalue weighted by molar-refractivity contribution is 7.92. The number of rotatable bonds is 3. The van der Waals surface area contributed by atoms with E-state index < -0.39 is 10.0 Å². The summed E-state index contributed by atoms with van der Waals surface area (Å²) < 4.78 is 25.8. The average molecular weight is 355 g/mol. The van der Waals surface area contributed by atoms with E-state index in [1.807, 2.05) is 61.5 Å². The number of nitrogens with zero attached hydrogens (tertiary/aromatic N) is 1. The topological polar surface area (TPSA) is 75.4 Å². The van der Waals surface area contributed by atoms with Crippen molar-refractivity contribution >= 4 is 32.7 Å². The quantitative estimate of drug-likeness (QED) is 0.829. The Labute approximate surface area is 148 Å². The summed E-state index contributed by atoms with van der Waals surface area (Å²) in [6.07, 6.45) is 3.14. The van der Waals surface area contributed by atoms with E-state index in [-0.39, 0.29) is 0 Å². The molecule has 130 valence electrons. The second-order valence-corrected chi connectivity index (χ2v) is 8.06. The predicted molar refractivity (Wildman–Crippen MR) is 104 cm³/mol. The highest BCUT2D eigenvalue weighted by Crippen LogP contribution is 2.38. The molecule has 0 fully saturated rings. The number of nitrogens with one attached hydrogen (secondary N) is 1. The van der Waals surface area contributed by atoms with Crippen molar-refractivity contribution in [3.63, 3.8) is 0 Å². The normalized spacial score (nSPS) is 14.1. The van der Waals surface area contributed by atoms with Gasteiger partial charge >= 0.3 is 0 Å². The first kappa shape index (κ1) is 17.1. The Morgan fingerprint density at radius 2 is 1.84 bits per heavy atom. The van der Waals surface area contributed by atoms with Gasteiger partial charge in [-0.3, -0.25) is 4.72 Å². The van der Waals surface area contributed by atoms with E-state index in [0.29, 0.717) is 11.4 Å². The molecule has 0 saturated heterocycles. The van der Waals surface area contributed by atoms with Gasteiger partial charge < -0.3 is 10.6 Å². The lowest BCUT2D eigenvalue weighted by Crippen LogP contribution is -2.16. The zero-order chi connectivity index (χ0) is 18.4. The number of fused-ring (bicyclic) bond motifs is 1. The van der Waals surface area contributed by atoms with E-state index in [1.54, 1.807) is 0 Å². The van der Waals surface area contributed by atoms with E-state index in [9.17, 15) is 8.42 Å². The first-order chi connectivity index (χ1) is 11.7. The van der Waals surface area contributed by atoms with Crippen LogP contribution in [0.5, 0.6) is 0 Å². The van der Waals surface area contributed by atoms with Crippen LogP contribution in [0.4, 0.5) is 11.4 Å². The molecule has 1 aliphatic rings. The van der Waals surface area contributed by atoms with Gasteiger partial charge in [-0.25, -0.2) is 8.42 Å². The number of aryl methyl sites for hydroxylation is 1. The van der Waals surface area contributed by atoms with Gasteiger partial charge in [-0.15, -0.1) is 0 Å². The van der Waals surface area contributed by atoms with Crippen LogP contribution in [-0.2, 0) is 10.0 Å². The fraction of sp³-hybridized carbons (Fsp3) is 0.158. The molecule has 0 aromatic heterocycles. The van der Waals surface area contributed by atoms with Crippen molar-refractivity contribution in [1.82, 2.24) is 4.90 Å². The number of hydrogen-bond donors (Lipinski definition) is 2. The summed E-state index contributed by atoms with van der Waals surface area (Å²) in [4.78, 5) is 1.95. The van der Waals surface area contributed by atoms with E-state index in [0.717, 1.165) is 39.8 Å². The average Bonchev–Trinajstić information content (AvgIpc) is 2.52. The smallest absolute Gasteiger partial charge is 0.229 e. The first-order valence-electron chi connectivity index (χ1n) is 7.78. The van der Waals surface area contributed by atoms with Crippen molar-refractivity contribution in [2.45, 2.75) is 6.92 Å². The van der Waals surface area contributed by atoms with E-state index in [2.05, 4.69) is 11.3 Å². The van der Waals surface area contributed by atoms with Crippen LogP contribution in [-0.4, -0.2) is 26.6 Å². The van der Waals surface area contributed by atoms with Crippen LogP contribution in [0.3, 0.4) is 0 Å². The summed E-state index contributed by atoms with van der Waals surface area (Å²) in [5.41, 5.74) is 12.8. The summed E-state index contributed by atoms with van der Waals surface area (Å²) in [6.45, 7) is 5.99. The minimum atomic E-state index is -3.34. The molecule has 1 heterocycles. The summed E-state index contributed by atoms with van der Waals surface area (Å²) in [5.74, 6) is 0. The fourth-order valence-corrected chi connectivity index (χ4v) is 3.52. The number of sulfonamides is 1. The largest absolute Gasteiger partial charge is 0.399 e. The maximum absolute atomic E-state index is 11.6. The zero-order valence-electron chi connectivity index (χ0n) is 14.5. The highest BCUT2D eigenvalue weighted by atomic mass is 32.2. The molecule has 0 saturated carbocycles. The van der Waals surface area contributed by atoms with Crippen molar-refractivity contribution in [1.29, 1.82) is 0 Å². The minimum Gasteiger partial charge on any atom is -0.399 e. The second-order valence-electron chi connectivity index (χ2n) is 6.31. The van der Waals surface area contributed by atoms with Gasteiger partial charge in [0.15, 0.2) is 0 Å². The number of benzene rings is 2. The molecule has 0 spiro atoms. The van der Waals surface area contributed by atoms with Crippen molar-refractivity contribution < 1.29 is 8.42 Å². The lowest BCUT2D eigenvalue weighted by Gasteiger charge is -2.28. The lowest BCUT2D eigenvalue weighted by atomic mass is 9.89. The molecule has 0 radical (unpaired) electrons. The van der Waals surface area contributed by atoms with Crippen molar-refractivity contribution in [2.75, 3.05) is 23.8 Å². The third-order valence-electron chi connectivity index (χ3n) is 4.24. The second kappa shape index (κ2) is 5.97. The molecule has 0 amide bonds. The van der Waals surface area contributed by atoms with Crippen molar-refractivity contribution in [3.05, 3.63) is 71.4 Å². The van der Waals surface area contributed by atoms with Crippen molar-refractivity contribution in [2.24, 2.45) is 0 Å². The molecular formula is C19H21N3O2S. The molecule has 2 aromatic rings. The molecule has 3 rings (SSSR count). The van der Waals surface area contributed by atoms with E-state index in [1.165, 1.54) is 0 Å². The molecule has 0 atom stereocenters. The Bertz CT molecular complexity index is 1010. The van der Waals surface area contributed by atoms with Crippen LogP contribution in [0.25, 0.3) is 11.3 Å².